The molecular weight excluding hydrogens is 344 g/mol. The number of anilines is 3. The van der Waals surface area contributed by atoms with Crippen LogP contribution in [0.2, 0.25) is 0 Å². The van der Waals surface area contributed by atoms with Gasteiger partial charge in [0.25, 0.3) is 0 Å². The number of nitrogens with zero attached hydrogens (tertiary/aromatic N) is 2. The summed E-state index contributed by atoms with van der Waals surface area (Å²) < 4.78 is 6.66. The van der Waals surface area contributed by atoms with Crippen LogP contribution >= 0.6 is 15.9 Å². The molecule has 1 atom stereocenters. The van der Waals surface area contributed by atoms with Crippen LogP contribution in [0, 0.1) is 6.92 Å². The molecule has 0 amide bonds. The zero-order chi connectivity index (χ0) is 15.4. The molecule has 22 heavy (non-hydrogen) atoms. The van der Waals surface area contributed by atoms with Crippen LogP contribution in [-0.4, -0.2) is 29.2 Å². The van der Waals surface area contributed by atoms with Gasteiger partial charge in [-0.2, -0.15) is 4.98 Å². The SMILES string of the molecule is Cc1cc(Br)ccc1Nc1ccnc(NCC2CCCO2)n1. The van der Waals surface area contributed by atoms with Crippen LogP contribution < -0.4 is 10.6 Å². The molecule has 1 unspecified atom stereocenters. The summed E-state index contributed by atoms with van der Waals surface area (Å²) in [6.07, 6.45) is 4.26. The van der Waals surface area contributed by atoms with Crippen LogP contribution in [0.1, 0.15) is 18.4 Å². The number of aryl methyl sites for hydroxylation is 1. The van der Waals surface area contributed by atoms with E-state index in [1.54, 1.807) is 6.20 Å². The minimum absolute atomic E-state index is 0.272. The van der Waals surface area contributed by atoms with Crippen LogP contribution in [0.25, 0.3) is 0 Å². The average molecular weight is 363 g/mol. The Hall–Kier alpha value is -1.66. The summed E-state index contributed by atoms with van der Waals surface area (Å²) in [4.78, 5) is 8.75. The van der Waals surface area contributed by atoms with E-state index in [0.717, 1.165) is 47.5 Å². The largest absolute Gasteiger partial charge is 0.376 e. The molecule has 0 spiro atoms. The van der Waals surface area contributed by atoms with E-state index in [0.29, 0.717) is 5.95 Å². The van der Waals surface area contributed by atoms with Gasteiger partial charge in [0.1, 0.15) is 5.82 Å². The second-order valence-electron chi connectivity index (χ2n) is 5.37. The molecule has 1 saturated heterocycles. The molecule has 1 aliphatic rings. The van der Waals surface area contributed by atoms with Crippen molar-refractivity contribution in [3.63, 3.8) is 0 Å². The van der Waals surface area contributed by atoms with Crippen molar-refractivity contribution in [2.45, 2.75) is 25.9 Å². The highest BCUT2D eigenvalue weighted by Crippen LogP contribution is 2.23. The molecule has 0 aliphatic carbocycles. The zero-order valence-electron chi connectivity index (χ0n) is 12.5. The van der Waals surface area contributed by atoms with Gasteiger partial charge in [0.2, 0.25) is 5.95 Å². The van der Waals surface area contributed by atoms with Crippen molar-refractivity contribution in [1.82, 2.24) is 9.97 Å². The highest BCUT2D eigenvalue weighted by atomic mass is 79.9. The highest BCUT2D eigenvalue weighted by Gasteiger charge is 2.15. The number of ether oxygens (including phenoxy) is 1. The lowest BCUT2D eigenvalue weighted by molar-refractivity contribution is 0.120. The van der Waals surface area contributed by atoms with Gasteiger partial charge in [0.05, 0.1) is 6.10 Å². The molecule has 1 aliphatic heterocycles. The monoisotopic (exact) mass is 362 g/mol. The van der Waals surface area contributed by atoms with Crippen molar-refractivity contribution < 1.29 is 4.74 Å². The molecule has 2 heterocycles. The number of aromatic nitrogens is 2. The quantitative estimate of drug-likeness (QED) is 0.844. The minimum Gasteiger partial charge on any atom is -0.376 e. The molecule has 2 N–H and O–H groups in total. The lowest BCUT2D eigenvalue weighted by Crippen LogP contribution is -2.19. The molecule has 5 nitrogen and oxygen atoms in total. The molecule has 0 saturated carbocycles. The fourth-order valence-corrected chi connectivity index (χ4v) is 2.90. The predicted octanol–water partition coefficient (Wildman–Crippen LogP) is 3.88. The standard InChI is InChI=1S/C16H19BrN4O/c1-11-9-12(17)4-5-14(11)20-15-6-7-18-16(21-15)19-10-13-3-2-8-22-13/h4-7,9,13H,2-3,8,10H2,1H3,(H2,18,19,20,21). The molecule has 1 aromatic heterocycles. The van der Waals surface area contributed by atoms with E-state index in [1.807, 2.05) is 18.2 Å². The fourth-order valence-electron chi connectivity index (χ4n) is 2.43. The molecule has 0 bridgehead atoms. The molecule has 0 radical (unpaired) electrons. The Kier molecular flexibility index (Phi) is 4.90. The summed E-state index contributed by atoms with van der Waals surface area (Å²) in [5, 5.41) is 6.57. The van der Waals surface area contributed by atoms with E-state index in [4.69, 9.17) is 4.74 Å². The summed E-state index contributed by atoms with van der Waals surface area (Å²) >= 11 is 3.47. The predicted molar refractivity (Wildman–Crippen MR) is 91.7 cm³/mol. The van der Waals surface area contributed by atoms with E-state index in [1.165, 1.54) is 0 Å². The Morgan fingerprint density at radius 1 is 1.36 bits per heavy atom. The first-order chi connectivity index (χ1) is 10.7. The van der Waals surface area contributed by atoms with Gasteiger partial charge in [-0.15, -0.1) is 0 Å². The zero-order valence-corrected chi connectivity index (χ0v) is 14.1. The molecule has 6 heteroatoms. The number of rotatable bonds is 5. The van der Waals surface area contributed by atoms with Crippen molar-refractivity contribution in [2.24, 2.45) is 0 Å². The third kappa shape index (κ3) is 3.96. The van der Waals surface area contributed by atoms with Crippen LogP contribution in [0.3, 0.4) is 0 Å². The van der Waals surface area contributed by atoms with Gasteiger partial charge in [-0.05, 0) is 49.6 Å². The molecule has 116 valence electrons. The molecular formula is C16H19BrN4O. The number of benzene rings is 1. The van der Waals surface area contributed by atoms with Gasteiger partial charge in [-0.3, -0.25) is 0 Å². The Morgan fingerprint density at radius 3 is 3.05 bits per heavy atom. The van der Waals surface area contributed by atoms with Crippen molar-refractivity contribution in [3.8, 4) is 0 Å². The van der Waals surface area contributed by atoms with Crippen LogP contribution in [-0.2, 0) is 4.74 Å². The molecule has 1 aromatic carbocycles. The van der Waals surface area contributed by atoms with E-state index < -0.39 is 0 Å². The summed E-state index contributed by atoms with van der Waals surface area (Å²) in [5.41, 5.74) is 2.19. The Labute approximate surface area is 138 Å². The minimum atomic E-state index is 0.272. The number of hydrogen-bond donors (Lipinski definition) is 2. The summed E-state index contributed by atoms with van der Waals surface area (Å²) in [7, 11) is 0. The first-order valence-corrected chi connectivity index (χ1v) is 8.22. The number of hydrogen-bond acceptors (Lipinski definition) is 5. The molecule has 3 rings (SSSR count). The van der Waals surface area contributed by atoms with Gasteiger partial charge < -0.3 is 15.4 Å². The Morgan fingerprint density at radius 2 is 2.27 bits per heavy atom. The lowest BCUT2D eigenvalue weighted by atomic mass is 10.2. The Bertz CT molecular complexity index is 644. The summed E-state index contributed by atoms with van der Waals surface area (Å²) in [6.45, 7) is 3.67. The van der Waals surface area contributed by atoms with E-state index in [2.05, 4.69) is 49.5 Å². The number of nitrogens with one attached hydrogen (secondary N) is 2. The molecule has 1 fully saturated rings. The Balaban J connectivity index is 1.65. The van der Waals surface area contributed by atoms with Gasteiger partial charge in [-0.25, -0.2) is 4.98 Å². The average Bonchev–Trinajstić information content (AvgIpc) is 3.02. The maximum absolute atomic E-state index is 5.59. The van der Waals surface area contributed by atoms with Crippen molar-refractivity contribution in [3.05, 3.63) is 40.5 Å². The first-order valence-electron chi connectivity index (χ1n) is 7.42. The third-order valence-electron chi connectivity index (χ3n) is 3.62. The normalized spacial score (nSPS) is 17.5. The van der Waals surface area contributed by atoms with E-state index in [9.17, 15) is 0 Å². The lowest BCUT2D eigenvalue weighted by Gasteiger charge is -2.12. The topological polar surface area (TPSA) is 59.1 Å². The van der Waals surface area contributed by atoms with Crippen LogP contribution in [0.15, 0.2) is 34.9 Å². The van der Waals surface area contributed by atoms with Gasteiger partial charge in [-0.1, -0.05) is 15.9 Å². The van der Waals surface area contributed by atoms with Gasteiger partial charge >= 0.3 is 0 Å². The maximum atomic E-state index is 5.59. The van der Waals surface area contributed by atoms with Gasteiger partial charge in [0, 0.05) is 29.5 Å². The first kappa shape index (κ1) is 15.2. The third-order valence-corrected chi connectivity index (χ3v) is 4.11. The van der Waals surface area contributed by atoms with E-state index in [-0.39, 0.29) is 6.10 Å². The van der Waals surface area contributed by atoms with Crippen LogP contribution in [0.4, 0.5) is 17.5 Å². The van der Waals surface area contributed by atoms with Crippen molar-refractivity contribution >= 4 is 33.4 Å². The summed E-state index contributed by atoms with van der Waals surface area (Å²) in [6, 6.07) is 7.97. The molecule has 2 aromatic rings. The maximum Gasteiger partial charge on any atom is 0.224 e. The highest BCUT2D eigenvalue weighted by molar-refractivity contribution is 9.10. The number of halogens is 1. The van der Waals surface area contributed by atoms with Gasteiger partial charge in [0.15, 0.2) is 0 Å². The smallest absolute Gasteiger partial charge is 0.224 e. The van der Waals surface area contributed by atoms with Crippen LogP contribution in [0.5, 0.6) is 0 Å². The van der Waals surface area contributed by atoms with Crippen molar-refractivity contribution in [2.75, 3.05) is 23.8 Å². The summed E-state index contributed by atoms with van der Waals surface area (Å²) in [5.74, 6) is 1.39. The second kappa shape index (κ2) is 7.07. The second-order valence-corrected chi connectivity index (χ2v) is 6.28. The van der Waals surface area contributed by atoms with Crippen molar-refractivity contribution in [1.29, 1.82) is 0 Å². The fraction of sp³-hybridized carbons (Fsp3) is 0.375. The van der Waals surface area contributed by atoms with E-state index >= 15 is 0 Å².